The monoisotopic (exact) mass is 459 g/mol. The molecule has 2 aliphatic rings. The van der Waals surface area contributed by atoms with E-state index < -0.39 is 12.5 Å². The standard InChI is InChI=1S/C21H23F2N7O3/c1-11-7-31-10-17(11)30-14(4-24)3-13-5-25-21(27-19(13)30)26-16-6-29(12(2)18(22)23)28-20(16)33-15-8-32-9-15/h3,5-6,11-12,15,17-18H,7-10H2,1-2H3,(H,25,26,27)/t11-,12?,17-/m0/s1. The van der Waals surface area contributed by atoms with Gasteiger partial charge < -0.3 is 24.1 Å². The predicted molar refractivity (Wildman–Crippen MR) is 113 cm³/mol. The summed E-state index contributed by atoms with van der Waals surface area (Å²) in [6.45, 7) is 5.36. The number of alkyl halides is 2. The summed E-state index contributed by atoms with van der Waals surface area (Å²) in [6.07, 6.45) is 0.285. The average molecular weight is 459 g/mol. The van der Waals surface area contributed by atoms with Gasteiger partial charge in [0.2, 0.25) is 5.95 Å². The van der Waals surface area contributed by atoms with Gasteiger partial charge in [-0.1, -0.05) is 6.92 Å². The summed E-state index contributed by atoms with van der Waals surface area (Å²) in [4.78, 5) is 8.97. The van der Waals surface area contributed by atoms with E-state index in [9.17, 15) is 14.0 Å². The summed E-state index contributed by atoms with van der Waals surface area (Å²) in [5.74, 6) is 0.625. The Kier molecular flexibility index (Phi) is 5.59. The molecule has 1 N–H and O–H groups in total. The molecule has 12 heteroatoms. The third-order valence-corrected chi connectivity index (χ3v) is 5.96. The van der Waals surface area contributed by atoms with Crippen LogP contribution in [-0.2, 0) is 9.47 Å². The summed E-state index contributed by atoms with van der Waals surface area (Å²) >= 11 is 0. The van der Waals surface area contributed by atoms with Crippen molar-refractivity contribution in [2.75, 3.05) is 31.7 Å². The first-order valence-electron chi connectivity index (χ1n) is 10.7. The molecule has 10 nitrogen and oxygen atoms in total. The van der Waals surface area contributed by atoms with Crippen LogP contribution in [0.5, 0.6) is 5.88 Å². The Labute approximate surface area is 188 Å². The topological polar surface area (TPSA) is 112 Å². The van der Waals surface area contributed by atoms with Gasteiger partial charge in [-0.2, -0.15) is 10.2 Å². The first kappa shape index (κ1) is 21.5. The highest BCUT2D eigenvalue weighted by Crippen LogP contribution is 2.33. The summed E-state index contributed by atoms with van der Waals surface area (Å²) in [6, 6.07) is 2.82. The number of anilines is 2. The van der Waals surface area contributed by atoms with Gasteiger partial charge >= 0.3 is 0 Å². The zero-order valence-corrected chi connectivity index (χ0v) is 18.1. The molecule has 2 aliphatic heterocycles. The third kappa shape index (κ3) is 3.98. The second kappa shape index (κ2) is 8.57. The fourth-order valence-corrected chi connectivity index (χ4v) is 3.90. The molecule has 3 aromatic heterocycles. The molecular weight excluding hydrogens is 436 g/mol. The van der Waals surface area contributed by atoms with Gasteiger partial charge in [0.15, 0.2) is 0 Å². The van der Waals surface area contributed by atoms with Gasteiger partial charge in [0.1, 0.15) is 35.2 Å². The lowest BCUT2D eigenvalue weighted by molar-refractivity contribution is -0.0814. The summed E-state index contributed by atoms with van der Waals surface area (Å²) in [7, 11) is 0. The maximum absolute atomic E-state index is 13.3. The van der Waals surface area contributed by atoms with Crippen molar-refractivity contribution in [1.82, 2.24) is 24.3 Å². The van der Waals surface area contributed by atoms with Crippen molar-refractivity contribution < 1.29 is 23.0 Å². The fourth-order valence-electron chi connectivity index (χ4n) is 3.90. The summed E-state index contributed by atoms with van der Waals surface area (Å²) in [5.41, 5.74) is 1.44. The lowest BCUT2D eigenvalue weighted by atomic mass is 10.1. The number of hydrogen-bond acceptors (Lipinski definition) is 8. The van der Waals surface area contributed by atoms with E-state index in [2.05, 4.69) is 33.4 Å². The van der Waals surface area contributed by atoms with E-state index in [1.165, 1.54) is 13.1 Å². The molecule has 0 radical (unpaired) electrons. The zero-order chi connectivity index (χ0) is 23.1. The largest absolute Gasteiger partial charge is 0.467 e. The van der Waals surface area contributed by atoms with Crippen LogP contribution in [0.2, 0.25) is 0 Å². The Morgan fingerprint density at radius 1 is 1.27 bits per heavy atom. The number of aromatic nitrogens is 5. The van der Waals surface area contributed by atoms with Crippen molar-refractivity contribution in [3.05, 3.63) is 24.2 Å². The molecule has 0 saturated carbocycles. The Hall–Kier alpha value is -3.30. The van der Waals surface area contributed by atoms with Gasteiger partial charge in [0.05, 0.1) is 38.7 Å². The van der Waals surface area contributed by atoms with Crippen LogP contribution in [0.25, 0.3) is 11.0 Å². The molecule has 0 aliphatic carbocycles. The first-order valence-corrected chi connectivity index (χ1v) is 10.7. The Balaban J connectivity index is 1.50. The number of nitrogens with one attached hydrogen (secondary N) is 1. The van der Waals surface area contributed by atoms with E-state index in [4.69, 9.17) is 14.2 Å². The Morgan fingerprint density at radius 3 is 2.70 bits per heavy atom. The zero-order valence-electron chi connectivity index (χ0n) is 18.1. The number of fused-ring (bicyclic) bond motifs is 1. The van der Waals surface area contributed by atoms with Gasteiger partial charge in [-0.15, -0.1) is 5.10 Å². The van der Waals surface area contributed by atoms with Crippen LogP contribution in [0.4, 0.5) is 20.4 Å². The molecule has 1 unspecified atom stereocenters. The van der Waals surface area contributed by atoms with Gasteiger partial charge in [0, 0.05) is 17.5 Å². The van der Waals surface area contributed by atoms with Gasteiger partial charge in [-0.3, -0.25) is 4.68 Å². The Morgan fingerprint density at radius 2 is 2.06 bits per heavy atom. The molecule has 174 valence electrons. The highest BCUT2D eigenvalue weighted by atomic mass is 19.3. The van der Waals surface area contributed by atoms with E-state index >= 15 is 0 Å². The first-order chi connectivity index (χ1) is 15.9. The van der Waals surface area contributed by atoms with Gasteiger partial charge in [-0.25, -0.2) is 13.8 Å². The number of nitrogens with zero attached hydrogens (tertiary/aromatic N) is 6. The molecule has 0 amide bonds. The van der Waals surface area contributed by atoms with Crippen LogP contribution in [-0.4, -0.2) is 63.3 Å². The maximum atomic E-state index is 13.3. The molecule has 3 aromatic rings. The SMILES string of the molecule is CC(C(F)F)n1cc(Nc2ncc3cc(C#N)n([C@H]4COC[C@@H]4C)c3n2)c(OC2COC2)n1. The van der Waals surface area contributed by atoms with Crippen molar-refractivity contribution in [1.29, 1.82) is 5.26 Å². The minimum Gasteiger partial charge on any atom is -0.467 e. The van der Waals surface area contributed by atoms with Crippen molar-refractivity contribution in [3.8, 4) is 11.9 Å². The van der Waals surface area contributed by atoms with E-state index in [1.54, 1.807) is 12.3 Å². The van der Waals surface area contributed by atoms with Crippen molar-refractivity contribution >= 4 is 22.7 Å². The van der Waals surface area contributed by atoms with Crippen molar-refractivity contribution in [2.24, 2.45) is 5.92 Å². The summed E-state index contributed by atoms with van der Waals surface area (Å²) < 4.78 is 46.1. The number of ether oxygens (including phenoxy) is 3. The average Bonchev–Trinajstić information content (AvgIpc) is 3.46. The third-order valence-electron chi connectivity index (χ3n) is 5.96. The van der Waals surface area contributed by atoms with E-state index in [0.29, 0.717) is 43.5 Å². The van der Waals surface area contributed by atoms with Crippen LogP contribution in [0.3, 0.4) is 0 Å². The normalized spacial score (nSPS) is 21.8. The molecule has 0 bridgehead atoms. The molecule has 0 spiro atoms. The second-order valence-electron chi connectivity index (χ2n) is 8.37. The van der Waals surface area contributed by atoms with Crippen molar-refractivity contribution in [2.45, 2.75) is 38.5 Å². The molecule has 0 aromatic carbocycles. The number of halogens is 2. The van der Waals surface area contributed by atoms with Gasteiger partial charge in [0.25, 0.3) is 12.3 Å². The number of rotatable bonds is 7. The second-order valence-corrected chi connectivity index (χ2v) is 8.37. The highest BCUT2D eigenvalue weighted by molar-refractivity contribution is 5.79. The molecular formula is C21H23F2N7O3. The fraction of sp³-hybridized carbons (Fsp3) is 0.524. The van der Waals surface area contributed by atoms with Crippen LogP contribution >= 0.6 is 0 Å². The van der Waals surface area contributed by atoms with Crippen LogP contribution < -0.4 is 10.1 Å². The molecule has 2 fully saturated rings. The van der Waals surface area contributed by atoms with E-state index in [-0.39, 0.29) is 29.9 Å². The number of nitriles is 1. The van der Waals surface area contributed by atoms with E-state index in [1.807, 2.05) is 4.57 Å². The molecule has 5 heterocycles. The van der Waals surface area contributed by atoms with Crippen LogP contribution in [0.15, 0.2) is 18.5 Å². The van der Waals surface area contributed by atoms with Crippen LogP contribution in [0.1, 0.15) is 31.6 Å². The molecule has 3 atom stereocenters. The smallest absolute Gasteiger partial charge is 0.260 e. The lowest BCUT2D eigenvalue weighted by Gasteiger charge is -2.26. The maximum Gasteiger partial charge on any atom is 0.260 e. The van der Waals surface area contributed by atoms with E-state index in [0.717, 1.165) is 10.1 Å². The quantitative estimate of drug-likeness (QED) is 0.574. The van der Waals surface area contributed by atoms with Crippen molar-refractivity contribution in [3.63, 3.8) is 0 Å². The van der Waals surface area contributed by atoms with Gasteiger partial charge in [-0.05, 0) is 13.0 Å². The predicted octanol–water partition coefficient (Wildman–Crippen LogP) is 3.05. The minimum absolute atomic E-state index is 0.0212. The molecule has 5 rings (SSSR count). The summed E-state index contributed by atoms with van der Waals surface area (Å²) in [5, 5.41) is 17.6. The number of hydrogen-bond donors (Lipinski definition) is 1. The highest BCUT2D eigenvalue weighted by Gasteiger charge is 2.30. The molecule has 2 saturated heterocycles. The molecule has 33 heavy (non-hydrogen) atoms. The van der Waals surface area contributed by atoms with Crippen LogP contribution in [0, 0.1) is 17.2 Å². The Bertz CT molecular complexity index is 1200. The lowest BCUT2D eigenvalue weighted by Crippen LogP contribution is -2.38. The minimum atomic E-state index is -2.59.